The van der Waals surface area contributed by atoms with Gasteiger partial charge in [0, 0.05) is 44.5 Å². The molecule has 0 aliphatic carbocycles. The summed E-state index contributed by atoms with van der Waals surface area (Å²) in [5.74, 6) is -0.394. The standard InChI is InChI=1S/C27H29F3N4O3/c1-33-16-22(25(32-33)26(29)30)27(36)34-13-11-18(12-14-34)17-3-7-20(8-4-17)31-24(35)10-6-19-5-9-21(37-2)15-23(19)28/h3-5,7-9,15-16,18,26H,6,10-14H2,1-2H3,(H,31,35). The lowest BCUT2D eigenvalue weighted by molar-refractivity contribution is -0.116. The Kier molecular flexibility index (Phi) is 8.15. The van der Waals surface area contributed by atoms with Crippen LogP contribution in [0.4, 0.5) is 18.9 Å². The van der Waals surface area contributed by atoms with Crippen LogP contribution in [0, 0.1) is 5.82 Å². The molecule has 1 aromatic heterocycles. The van der Waals surface area contributed by atoms with Gasteiger partial charge in [-0.2, -0.15) is 5.10 Å². The number of piperidine rings is 1. The molecule has 1 fully saturated rings. The predicted molar refractivity (Wildman–Crippen MR) is 132 cm³/mol. The van der Waals surface area contributed by atoms with Gasteiger partial charge in [-0.15, -0.1) is 0 Å². The van der Waals surface area contributed by atoms with Gasteiger partial charge < -0.3 is 15.0 Å². The molecule has 3 aromatic rings. The molecule has 2 heterocycles. The van der Waals surface area contributed by atoms with E-state index in [1.165, 1.54) is 31.1 Å². The molecule has 0 atom stereocenters. The molecule has 196 valence electrons. The highest BCUT2D eigenvalue weighted by Crippen LogP contribution is 2.31. The number of ether oxygens (including phenoxy) is 1. The number of nitrogens with zero attached hydrogens (tertiary/aromatic N) is 3. The van der Waals surface area contributed by atoms with E-state index in [0.29, 0.717) is 42.9 Å². The maximum absolute atomic E-state index is 14.1. The van der Waals surface area contributed by atoms with Gasteiger partial charge in [-0.1, -0.05) is 18.2 Å². The van der Waals surface area contributed by atoms with Crippen LogP contribution in [0.15, 0.2) is 48.7 Å². The van der Waals surface area contributed by atoms with Crippen molar-refractivity contribution in [2.75, 3.05) is 25.5 Å². The fraction of sp³-hybridized carbons (Fsp3) is 0.370. The Balaban J connectivity index is 1.27. The minimum atomic E-state index is -2.81. The van der Waals surface area contributed by atoms with E-state index in [4.69, 9.17) is 4.74 Å². The fourth-order valence-corrected chi connectivity index (χ4v) is 4.59. The van der Waals surface area contributed by atoms with Crippen molar-refractivity contribution in [3.05, 3.63) is 76.9 Å². The third kappa shape index (κ3) is 6.31. The molecular formula is C27H29F3N4O3. The van der Waals surface area contributed by atoms with Crippen LogP contribution < -0.4 is 10.1 Å². The van der Waals surface area contributed by atoms with Crippen molar-refractivity contribution in [2.24, 2.45) is 7.05 Å². The molecule has 0 radical (unpaired) electrons. The second kappa shape index (κ2) is 11.5. The molecule has 7 nitrogen and oxygen atoms in total. The smallest absolute Gasteiger partial charge is 0.282 e. The van der Waals surface area contributed by atoms with Gasteiger partial charge in [0.05, 0.1) is 12.7 Å². The molecule has 0 spiro atoms. The second-order valence-electron chi connectivity index (χ2n) is 9.10. The zero-order valence-corrected chi connectivity index (χ0v) is 20.7. The number of aryl methyl sites for hydroxylation is 2. The number of halogens is 3. The van der Waals surface area contributed by atoms with Gasteiger partial charge in [0.1, 0.15) is 17.3 Å². The van der Waals surface area contributed by atoms with E-state index in [2.05, 4.69) is 10.4 Å². The maximum Gasteiger partial charge on any atom is 0.282 e. The topological polar surface area (TPSA) is 76.5 Å². The third-order valence-corrected chi connectivity index (χ3v) is 6.62. The number of carbonyl (C=O) groups excluding carboxylic acids is 2. The summed E-state index contributed by atoms with van der Waals surface area (Å²) in [6.07, 6.45) is 0.359. The van der Waals surface area contributed by atoms with E-state index in [1.54, 1.807) is 17.0 Å². The molecule has 1 N–H and O–H groups in total. The molecular weight excluding hydrogens is 485 g/mol. The van der Waals surface area contributed by atoms with E-state index in [0.717, 1.165) is 5.56 Å². The second-order valence-corrected chi connectivity index (χ2v) is 9.10. The molecule has 37 heavy (non-hydrogen) atoms. The van der Waals surface area contributed by atoms with Crippen LogP contribution in [0.1, 0.15) is 58.8 Å². The quantitative estimate of drug-likeness (QED) is 0.454. The zero-order valence-electron chi connectivity index (χ0n) is 20.7. The SMILES string of the molecule is COc1ccc(CCC(=O)Nc2ccc(C3CCN(C(=O)c4cn(C)nc4C(F)F)CC3)cc2)c(F)c1. The zero-order chi connectivity index (χ0) is 26.5. The number of anilines is 1. The first-order valence-corrected chi connectivity index (χ1v) is 12.1. The van der Waals surface area contributed by atoms with Crippen molar-refractivity contribution in [3.63, 3.8) is 0 Å². The molecule has 2 amide bonds. The molecule has 0 bridgehead atoms. The minimum absolute atomic E-state index is 0.0502. The number of nitrogens with one attached hydrogen (secondary N) is 1. The van der Waals surface area contributed by atoms with Crippen molar-refractivity contribution in [1.82, 2.24) is 14.7 Å². The van der Waals surface area contributed by atoms with Crippen molar-refractivity contribution < 1.29 is 27.5 Å². The first-order valence-electron chi connectivity index (χ1n) is 12.1. The van der Waals surface area contributed by atoms with Crippen LogP contribution in [-0.2, 0) is 18.3 Å². The highest BCUT2D eigenvalue weighted by atomic mass is 19.3. The number of likely N-dealkylation sites (tertiary alicyclic amines) is 1. The molecule has 0 saturated carbocycles. The largest absolute Gasteiger partial charge is 0.497 e. The molecule has 0 unspecified atom stereocenters. The molecule has 1 aliphatic rings. The van der Waals surface area contributed by atoms with Crippen LogP contribution in [0.2, 0.25) is 0 Å². The van der Waals surface area contributed by atoms with E-state index >= 15 is 0 Å². The number of carbonyl (C=O) groups is 2. The first kappa shape index (κ1) is 26.2. The van der Waals surface area contributed by atoms with Crippen molar-refractivity contribution in [2.45, 2.75) is 38.0 Å². The lowest BCUT2D eigenvalue weighted by atomic mass is 9.89. The number of rotatable bonds is 8. The Morgan fingerprint density at radius 1 is 1.14 bits per heavy atom. The third-order valence-electron chi connectivity index (χ3n) is 6.62. The summed E-state index contributed by atoms with van der Waals surface area (Å²) in [5.41, 5.74) is 1.64. The van der Waals surface area contributed by atoms with Gasteiger partial charge in [-0.05, 0) is 54.5 Å². The number of hydrogen-bond acceptors (Lipinski definition) is 4. The average molecular weight is 515 g/mol. The summed E-state index contributed by atoms with van der Waals surface area (Å²) in [4.78, 5) is 26.7. The Morgan fingerprint density at radius 2 is 1.84 bits per heavy atom. The first-order chi connectivity index (χ1) is 17.7. The molecule has 1 saturated heterocycles. The normalized spacial score (nSPS) is 14.2. The number of benzene rings is 2. The average Bonchev–Trinajstić information content (AvgIpc) is 3.30. The van der Waals surface area contributed by atoms with Crippen LogP contribution in [0.3, 0.4) is 0 Å². The van der Waals surface area contributed by atoms with Crippen molar-refractivity contribution >= 4 is 17.5 Å². The van der Waals surface area contributed by atoms with Gasteiger partial charge in [0.2, 0.25) is 5.91 Å². The van der Waals surface area contributed by atoms with E-state index in [9.17, 15) is 22.8 Å². The van der Waals surface area contributed by atoms with Gasteiger partial charge in [-0.25, -0.2) is 13.2 Å². The Morgan fingerprint density at radius 3 is 2.46 bits per heavy atom. The molecule has 4 rings (SSSR count). The molecule has 2 aromatic carbocycles. The molecule has 10 heteroatoms. The summed E-state index contributed by atoms with van der Waals surface area (Å²) in [5, 5.41) is 6.56. The number of hydrogen-bond donors (Lipinski definition) is 1. The highest BCUT2D eigenvalue weighted by molar-refractivity contribution is 5.95. The Labute approximate surface area is 213 Å². The van der Waals surface area contributed by atoms with Crippen molar-refractivity contribution in [1.29, 1.82) is 0 Å². The number of aromatic nitrogens is 2. The highest BCUT2D eigenvalue weighted by Gasteiger charge is 2.29. The summed E-state index contributed by atoms with van der Waals surface area (Å²) in [6, 6.07) is 12.1. The van der Waals surface area contributed by atoms with Crippen LogP contribution in [0.25, 0.3) is 0 Å². The summed E-state index contributed by atoms with van der Waals surface area (Å²) in [6.45, 7) is 0.920. The monoisotopic (exact) mass is 514 g/mol. The van der Waals surface area contributed by atoms with Crippen LogP contribution >= 0.6 is 0 Å². The number of methoxy groups -OCH3 is 1. The van der Waals surface area contributed by atoms with E-state index < -0.39 is 23.8 Å². The lowest BCUT2D eigenvalue weighted by Gasteiger charge is -2.32. The number of amides is 2. The summed E-state index contributed by atoms with van der Waals surface area (Å²) >= 11 is 0. The van der Waals surface area contributed by atoms with Crippen molar-refractivity contribution in [3.8, 4) is 5.75 Å². The maximum atomic E-state index is 14.1. The summed E-state index contributed by atoms with van der Waals surface area (Å²) < 4.78 is 46.8. The lowest BCUT2D eigenvalue weighted by Crippen LogP contribution is -2.38. The van der Waals surface area contributed by atoms with Gasteiger partial charge in [0.25, 0.3) is 12.3 Å². The van der Waals surface area contributed by atoms with Crippen LogP contribution in [-0.4, -0.2) is 46.7 Å². The Hall–Kier alpha value is -3.82. The molecule has 1 aliphatic heterocycles. The minimum Gasteiger partial charge on any atom is -0.497 e. The Bertz CT molecular complexity index is 1250. The predicted octanol–water partition coefficient (Wildman–Crippen LogP) is 5.10. The van der Waals surface area contributed by atoms with Gasteiger partial charge >= 0.3 is 0 Å². The fourth-order valence-electron chi connectivity index (χ4n) is 4.59. The van der Waals surface area contributed by atoms with Gasteiger partial charge in [0.15, 0.2) is 0 Å². The summed E-state index contributed by atoms with van der Waals surface area (Å²) in [7, 11) is 2.98. The number of alkyl halides is 2. The van der Waals surface area contributed by atoms with Gasteiger partial charge in [-0.3, -0.25) is 14.3 Å². The van der Waals surface area contributed by atoms with E-state index in [1.807, 2.05) is 24.3 Å². The van der Waals surface area contributed by atoms with E-state index in [-0.39, 0.29) is 30.2 Å². The van der Waals surface area contributed by atoms with Crippen LogP contribution in [0.5, 0.6) is 5.75 Å².